The van der Waals surface area contributed by atoms with E-state index in [1.807, 2.05) is 30.3 Å². The monoisotopic (exact) mass is 295 g/mol. The number of aryl methyl sites for hydroxylation is 1. The van der Waals surface area contributed by atoms with Crippen molar-refractivity contribution in [2.24, 2.45) is 0 Å². The van der Waals surface area contributed by atoms with E-state index in [2.05, 4.69) is 21.8 Å². The van der Waals surface area contributed by atoms with E-state index < -0.39 is 5.97 Å². The highest BCUT2D eigenvalue weighted by Crippen LogP contribution is 2.23. The molecule has 0 saturated carbocycles. The lowest BCUT2D eigenvalue weighted by atomic mass is 10.2. The van der Waals surface area contributed by atoms with Crippen molar-refractivity contribution in [2.75, 3.05) is 5.32 Å². The van der Waals surface area contributed by atoms with Crippen molar-refractivity contribution in [1.29, 1.82) is 0 Å². The van der Waals surface area contributed by atoms with Gasteiger partial charge in [-0.1, -0.05) is 25.1 Å². The number of carboxylic acids is 1. The Labute approximate surface area is 128 Å². The van der Waals surface area contributed by atoms with Crippen LogP contribution < -0.4 is 5.32 Å². The molecule has 0 bridgehead atoms. The van der Waals surface area contributed by atoms with Crippen LogP contribution in [0.5, 0.6) is 0 Å². The van der Waals surface area contributed by atoms with Gasteiger partial charge in [-0.3, -0.25) is 0 Å². The van der Waals surface area contributed by atoms with Gasteiger partial charge in [0.2, 0.25) is 5.95 Å². The predicted octanol–water partition coefficient (Wildman–Crippen LogP) is 3.89. The highest BCUT2D eigenvalue weighted by atomic mass is 16.4. The first-order chi connectivity index (χ1) is 10.7. The number of rotatable bonds is 5. The lowest BCUT2D eigenvalue weighted by Gasteiger charge is -2.10. The Bertz CT molecular complexity index is 824. The van der Waals surface area contributed by atoms with Gasteiger partial charge in [0.05, 0.1) is 16.6 Å². The number of anilines is 2. The molecule has 0 radical (unpaired) electrons. The maximum Gasteiger partial charge on any atom is 0.335 e. The van der Waals surface area contributed by atoms with Crippen molar-refractivity contribution >= 4 is 28.6 Å². The number of nitrogens with one attached hydrogen (secondary N) is 1. The number of hydrogen-bond acceptors (Lipinski definition) is 3. The first-order valence-electron chi connectivity index (χ1n) is 7.24. The van der Waals surface area contributed by atoms with Gasteiger partial charge < -0.3 is 15.0 Å². The third-order valence-corrected chi connectivity index (χ3v) is 3.47. The second-order valence-corrected chi connectivity index (χ2v) is 5.09. The zero-order chi connectivity index (χ0) is 15.5. The summed E-state index contributed by atoms with van der Waals surface area (Å²) in [7, 11) is 0. The molecule has 2 aromatic carbocycles. The molecular formula is C17H17N3O2. The Morgan fingerprint density at radius 1 is 1.23 bits per heavy atom. The summed E-state index contributed by atoms with van der Waals surface area (Å²) in [6, 6.07) is 14.7. The van der Waals surface area contributed by atoms with E-state index in [9.17, 15) is 4.79 Å². The number of hydrogen-bond donors (Lipinski definition) is 2. The van der Waals surface area contributed by atoms with Crippen molar-refractivity contribution in [3.8, 4) is 0 Å². The molecule has 1 heterocycles. The van der Waals surface area contributed by atoms with Gasteiger partial charge >= 0.3 is 5.97 Å². The summed E-state index contributed by atoms with van der Waals surface area (Å²) in [6.07, 6.45) is 0.990. The molecule has 5 nitrogen and oxygen atoms in total. The topological polar surface area (TPSA) is 67.2 Å². The van der Waals surface area contributed by atoms with Crippen LogP contribution >= 0.6 is 0 Å². The lowest BCUT2D eigenvalue weighted by Crippen LogP contribution is -2.04. The Balaban J connectivity index is 2.01. The van der Waals surface area contributed by atoms with Crippen LogP contribution in [0.25, 0.3) is 11.0 Å². The molecule has 1 aromatic heterocycles. The molecule has 0 aliphatic rings. The molecule has 0 aliphatic carbocycles. The predicted molar refractivity (Wildman–Crippen MR) is 86.7 cm³/mol. The van der Waals surface area contributed by atoms with Crippen molar-refractivity contribution in [3.63, 3.8) is 0 Å². The summed E-state index contributed by atoms with van der Waals surface area (Å²) in [5.74, 6) is -0.212. The van der Waals surface area contributed by atoms with Crippen molar-refractivity contribution in [3.05, 3.63) is 54.1 Å². The number of para-hydroxylation sites is 2. The van der Waals surface area contributed by atoms with Crippen molar-refractivity contribution in [2.45, 2.75) is 19.9 Å². The maximum atomic E-state index is 11.1. The fourth-order valence-corrected chi connectivity index (χ4v) is 2.48. The molecule has 3 aromatic rings. The Morgan fingerprint density at radius 2 is 2.05 bits per heavy atom. The van der Waals surface area contributed by atoms with Gasteiger partial charge in [0, 0.05) is 12.2 Å². The molecule has 112 valence electrons. The minimum Gasteiger partial charge on any atom is -0.478 e. The van der Waals surface area contributed by atoms with Gasteiger partial charge in [-0.2, -0.15) is 0 Å². The molecule has 0 fully saturated rings. The number of imidazole rings is 1. The van der Waals surface area contributed by atoms with Gasteiger partial charge in [0.25, 0.3) is 0 Å². The zero-order valence-electron chi connectivity index (χ0n) is 12.3. The standard InChI is InChI=1S/C17H17N3O2/c1-2-10-20-15-9-4-3-8-14(15)19-17(20)18-13-7-5-6-12(11-13)16(21)22/h3-9,11H,2,10H2,1H3,(H,18,19)(H,21,22). The van der Waals surface area contributed by atoms with Crippen LogP contribution in [0.15, 0.2) is 48.5 Å². The molecular weight excluding hydrogens is 278 g/mol. The minimum atomic E-state index is -0.939. The van der Waals surface area contributed by atoms with Crippen molar-refractivity contribution < 1.29 is 9.90 Å². The number of nitrogens with zero attached hydrogens (tertiary/aromatic N) is 2. The average molecular weight is 295 g/mol. The zero-order valence-corrected chi connectivity index (χ0v) is 12.3. The van der Waals surface area contributed by atoms with Gasteiger partial charge in [0.15, 0.2) is 0 Å². The molecule has 0 atom stereocenters. The van der Waals surface area contributed by atoms with Gasteiger partial charge in [-0.25, -0.2) is 9.78 Å². The summed E-state index contributed by atoms with van der Waals surface area (Å²) in [6.45, 7) is 2.96. The SMILES string of the molecule is CCCn1c(Nc2cccc(C(=O)O)c2)nc2ccccc21. The number of fused-ring (bicyclic) bond motifs is 1. The number of benzene rings is 2. The Morgan fingerprint density at radius 3 is 2.82 bits per heavy atom. The lowest BCUT2D eigenvalue weighted by molar-refractivity contribution is 0.0697. The number of carbonyl (C=O) groups is 1. The first-order valence-corrected chi connectivity index (χ1v) is 7.24. The van der Waals surface area contributed by atoms with E-state index in [1.165, 1.54) is 0 Å². The van der Waals surface area contributed by atoms with E-state index in [-0.39, 0.29) is 5.56 Å². The van der Waals surface area contributed by atoms with Crippen LogP contribution in [0, 0.1) is 0 Å². The summed E-state index contributed by atoms with van der Waals surface area (Å²) < 4.78 is 2.11. The minimum absolute atomic E-state index is 0.253. The summed E-state index contributed by atoms with van der Waals surface area (Å²) in [4.78, 5) is 15.7. The Kier molecular flexibility index (Phi) is 3.78. The highest BCUT2D eigenvalue weighted by molar-refractivity contribution is 5.89. The molecule has 0 amide bonds. The van der Waals surface area contributed by atoms with E-state index in [4.69, 9.17) is 5.11 Å². The third-order valence-electron chi connectivity index (χ3n) is 3.47. The van der Waals surface area contributed by atoms with Crippen LogP contribution in [0.4, 0.5) is 11.6 Å². The van der Waals surface area contributed by atoms with E-state index in [1.54, 1.807) is 18.2 Å². The Hall–Kier alpha value is -2.82. The molecule has 0 saturated heterocycles. The molecule has 0 spiro atoms. The van der Waals surface area contributed by atoms with E-state index >= 15 is 0 Å². The molecule has 22 heavy (non-hydrogen) atoms. The molecule has 3 rings (SSSR count). The third kappa shape index (κ3) is 2.65. The van der Waals surface area contributed by atoms with Gasteiger partial charge in [0.1, 0.15) is 0 Å². The second-order valence-electron chi connectivity index (χ2n) is 5.09. The molecule has 0 aliphatic heterocycles. The first kappa shape index (κ1) is 14.1. The molecule has 5 heteroatoms. The summed E-state index contributed by atoms with van der Waals surface area (Å²) >= 11 is 0. The van der Waals surface area contributed by atoms with Crippen LogP contribution in [0.3, 0.4) is 0 Å². The second kappa shape index (κ2) is 5.89. The summed E-state index contributed by atoms with van der Waals surface area (Å²) in [5, 5.41) is 12.3. The van der Waals surface area contributed by atoms with Crippen LogP contribution in [-0.2, 0) is 6.54 Å². The fraction of sp³-hybridized carbons (Fsp3) is 0.176. The molecule has 2 N–H and O–H groups in total. The van der Waals surface area contributed by atoms with Gasteiger partial charge in [-0.05, 0) is 36.8 Å². The van der Waals surface area contributed by atoms with Crippen LogP contribution in [-0.4, -0.2) is 20.6 Å². The van der Waals surface area contributed by atoms with Gasteiger partial charge in [-0.15, -0.1) is 0 Å². The molecule has 0 unspecified atom stereocenters. The number of aromatic nitrogens is 2. The quantitative estimate of drug-likeness (QED) is 0.749. The normalized spacial score (nSPS) is 10.8. The number of aromatic carboxylic acids is 1. The average Bonchev–Trinajstić information content (AvgIpc) is 2.86. The van der Waals surface area contributed by atoms with Crippen LogP contribution in [0.2, 0.25) is 0 Å². The maximum absolute atomic E-state index is 11.1. The van der Waals surface area contributed by atoms with E-state index in [0.29, 0.717) is 5.69 Å². The fourth-order valence-electron chi connectivity index (χ4n) is 2.48. The highest BCUT2D eigenvalue weighted by Gasteiger charge is 2.10. The largest absolute Gasteiger partial charge is 0.478 e. The smallest absolute Gasteiger partial charge is 0.335 e. The van der Waals surface area contributed by atoms with E-state index in [0.717, 1.165) is 29.9 Å². The number of carboxylic acid groups (broad SMARTS) is 1. The van der Waals surface area contributed by atoms with Crippen molar-refractivity contribution in [1.82, 2.24) is 9.55 Å². The summed E-state index contributed by atoms with van der Waals surface area (Å²) in [5.41, 5.74) is 2.96. The van der Waals surface area contributed by atoms with Crippen LogP contribution in [0.1, 0.15) is 23.7 Å².